The highest BCUT2D eigenvalue weighted by atomic mass is 35.5. The molecule has 0 bridgehead atoms. The van der Waals surface area contributed by atoms with Crippen molar-refractivity contribution in [3.8, 4) is 0 Å². The Balaban J connectivity index is 1.14. The third-order valence-electron chi connectivity index (χ3n) is 7.26. The van der Waals surface area contributed by atoms with E-state index in [1.165, 1.54) is 11.1 Å². The molecule has 5 rings (SSSR count). The van der Waals surface area contributed by atoms with E-state index in [1.54, 1.807) is 0 Å². The largest absolute Gasteiger partial charge is 0.368 e. The van der Waals surface area contributed by atoms with Crippen molar-refractivity contribution in [1.29, 1.82) is 0 Å². The summed E-state index contributed by atoms with van der Waals surface area (Å²) in [5, 5.41) is 4.01. The monoisotopic (exact) mass is 423 g/mol. The highest BCUT2D eigenvalue weighted by Gasteiger charge is 2.48. The minimum absolute atomic E-state index is 0.234. The van der Waals surface area contributed by atoms with Crippen LogP contribution in [-0.4, -0.2) is 43.5 Å². The molecule has 2 heterocycles. The van der Waals surface area contributed by atoms with Crippen LogP contribution in [0.25, 0.3) is 0 Å². The van der Waals surface area contributed by atoms with Gasteiger partial charge in [0.2, 0.25) is 5.91 Å². The first-order valence-corrected chi connectivity index (χ1v) is 11.7. The van der Waals surface area contributed by atoms with Gasteiger partial charge in [0.25, 0.3) is 0 Å². The van der Waals surface area contributed by atoms with E-state index in [2.05, 4.69) is 45.4 Å². The Kier molecular flexibility index (Phi) is 5.46. The number of hydrogen-bond acceptors (Lipinski definition) is 3. The molecule has 1 saturated heterocycles. The van der Waals surface area contributed by atoms with E-state index >= 15 is 0 Å². The van der Waals surface area contributed by atoms with Crippen LogP contribution in [0.3, 0.4) is 0 Å². The maximum absolute atomic E-state index is 12.9. The number of amides is 1. The van der Waals surface area contributed by atoms with Gasteiger partial charge < -0.3 is 10.2 Å². The molecule has 1 unspecified atom stereocenters. The number of anilines is 2. The van der Waals surface area contributed by atoms with Gasteiger partial charge in [0, 0.05) is 31.9 Å². The second-order valence-corrected chi connectivity index (χ2v) is 9.37. The van der Waals surface area contributed by atoms with Crippen molar-refractivity contribution in [3.63, 3.8) is 0 Å². The lowest BCUT2D eigenvalue weighted by molar-refractivity contribution is -0.121. The Bertz CT molecular complexity index is 938. The zero-order chi connectivity index (χ0) is 20.6. The number of piperazine rings is 1. The van der Waals surface area contributed by atoms with E-state index in [0.29, 0.717) is 0 Å². The molecule has 158 valence electrons. The Hall–Kier alpha value is -2.04. The molecule has 2 aromatic rings. The van der Waals surface area contributed by atoms with Crippen LogP contribution < -0.4 is 10.2 Å². The summed E-state index contributed by atoms with van der Waals surface area (Å²) >= 11 is 6.36. The van der Waals surface area contributed by atoms with Crippen LogP contribution in [0.1, 0.15) is 43.2 Å². The number of para-hydroxylation sites is 1. The number of halogens is 1. The fraction of sp³-hybridized carbons (Fsp3) is 0.480. The maximum Gasteiger partial charge on any atom is 0.235 e. The van der Waals surface area contributed by atoms with Gasteiger partial charge in [-0.05, 0) is 68.0 Å². The van der Waals surface area contributed by atoms with Crippen molar-refractivity contribution in [3.05, 3.63) is 58.6 Å². The Labute approximate surface area is 184 Å². The molecular weight excluding hydrogens is 394 g/mol. The van der Waals surface area contributed by atoms with Crippen LogP contribution in [0.2, 0.25) is 5.02 Å². The minimum atomic E-state index is -0.271. The molecule has 30 heavy (non-hydrogen) atoms. The Morgan fingerprint density at radius 1 is 1.00 bits per heavy atom. The van der Waals surface area contributed by atoms with Crippen LogP contribution >= 0.6 is 11.6 Å². The van der Waals surface area contributed by atoms with Gasteiger partial charge in [0.1, 0.15) is 0 Å². The first-order valence-electron chi connectivity index (χ1n) is 11.3. The molecule has 1 N–H and O–H groups in total. The molecule has 1 fully saturated rings. The normalized spacial score (nSPS) is 23.4. The van der Waals surface area contributed by atoms with Crippen LogP contribution in [0.4, 0.5) is 11.4 Å². The first-order chi connectivity index (χ1) is 14.7. The zero-order valence-corrected chi connectivity index (χ0v) is 18.3. The van der Waals surface area contributed by atoms with E-state index in [4.69, 9.17) is 11.6 Å². The number of nitrogens with one attached hydrogen (secondary N) is 1. The van der Waals surface area contributed by atoms with E-state index in [0.717, 1.165) is 87.6 Å². The Morgan fingerprint density at radius 3 is 2.67 bits per heavy atom. The predicted octanol–water partition coefficient (Wildman–Crippen LogP) is 4.86. The number of nitrogens with zero attached hydrogens (tertiary/aromatic N) is 2. The van der Waals surface area contributed by atoms with Crippen molar-refractivity contribution < 1.29 is 4.79 Å². The lowest BCUT2D eigenvalue weighted by Crippen LogP contribution is -2.46. The molecule has 3 aliphatic rings. The van der Waals surface area contributed by atoms with E-state index in [1.807, 2.05) is 12.1 Å². The van der Waals surface area contributed by atoms with Gasteiger partial charge in [0.05, 0.1) is 16.1 Å². The molecule has 2 aromatic carbocycles. The smallest absolute Gasteiger partial charge is 0.235 e. The highest BCUT2D eigenvalue weighted by Crippen LogP contribution is 2.49. The molecule has 1 amide bonds. The van der Waals surface area contributed by atoms with Gasteiger partial charge in [-0.3, -0.25) is 9.69 Å². The number of rotatable bonds is 6. The summed E-state index contributed by atoms with van der Waals surface area (Å²) in [5.41, 5.74) is 4.64. The standard InChI is InChI=1S/C25H30ClN3O/c26-20-9-1-2-11-22(20)29-17-15-28(16-18-29)14-4-3-12-25-13-6-8-19-7-5-10-21(23(19)25)27-24(25)30/h1-2,5,7,9-11H,3-4,6,8,12-18H2,(H,27,30). The van der Waals surface area contributed by atoms with Crippen molar-refractivity contribution in [1.82, 2.24) is 4.90 Å². The summed E-state index contributed by atoms with van der Waals surface area (Å²) in [6.45, 7) is 5.30. The third kappa shape index (κ3) is 3.50. The second-order valence-electron chi connectivity index (χ2n) is 8.97. The molecule has 0 saturated carbocycles. The molecule has 5 heteroatoms. The summed E-state index contributed by atoms with van der Waals surface area (Å²) in [4.78, 5) is 17.9. The average Bonchev–Trinajstić information content (AvgIpc) is 3.06. The van der Waals surface area contributed by atoms with Crippen molar-refractivity contribution >= 4 is 28.9 Å². The molecule has 1 atom stereocenters. The van der Waals surface area contributed by atoms with Crippen molar-refractivity contribution in [2.45, 2.75) is 43.9 Å². The van der Waals surface area contributed by atoms with Gasteiger partial charge in [-0.25, -0.2) is 0 Å². The number of aryl methyl sites for hydroxylation is 1. The second kappa shape index (κ2) is 8.24. The van der Waals surface area contributed by atoms with Crippen LogP contribution in [-0.2, 0) is 16.6 Å². The number of hydrogen-bond donors (Lipinski definition) is 1. The van der Waals surface area contributed by atoms with E-state index in [9.17, 15) is 4.79 Å². The number of carbonyl (C=O) groups is 1. The zero-order valence-electron chi connectivity index (χ0n) is 17.5. The van der Waals surface area contributed by atoms with Gasteiger partial charge in [-0.1, -0.05) is 42.3 Å². The lowest BCUT2D eigenvalue weighted by Gasteiger charge is -2.37. The summed E-state index contributed by atoms with van der Waals surface area (Å²) in [6.07, 6.45) is 6.45. The Morgan fingerprint density at radius 2 is 1.83 bits per heavy atom. The fourth-order valence-electron chi connectivity index (χ4n) is 5.70. The van der Waals surface area contributed by atoms with E-state index in [-0.39, 0.29) is 11.3 Å². The summed E-state index contributed by atoms with van der Waals surface area (Å²) in [7, 11) is 0. The topological polar surface area (TPSA) is 35.6 Å². The number of carbonyl (C=O) groups excluding carboxylic acids is 1. The number of unbranched alkanes of at least 4 members (excludes halogenated alkanes) is 1. The van der Waals surface area contributed by atoms with Crippen molar-refractivity contribution in [2.75, 3.05) is 42.9 Å². The summed E-state index contributed by atoms with van der Waals surface area (Å²) in [5.74, 6) is 0.234. The maximum atomic E-state index is 12.9. The van der Waals surface area contributed by atoms with Crippen LogP contribution in [0.5, 0.6) is 0 Å². The first kappa shape index (κ1) is 19.9. The van der Waals surface area contributed by atoms with Crippen molar-refractivity contribution in [2.24, 2.45) is 0 Å². The molecule has 4 nitrogen and oxygen atoms in total. The molecule has 0 spiro atoms. The average molecular weight is 424 g/mol. The molecule has 0 radical (unpaired) electrons. The van der Waals surface area contributed by atoms with Gasteiger partial charge in [-0.2, -0.15) is 0 Å². The summed E-state index contributed by atoms with van der Waals surface area (Å²) in [6, 6.07) is 14.5. The molecule has 0 aromatic heterocycles. The molecule has 2 aliphatic heterocycles. The predicted molar refractivity (Wildman–Crippen MR) is 124 cm³/mol. The third-order valence-corrected chi connectivity index (χ3v) is 7.57. The highest BCUT2D eigenvalue weighted by molar-refractivity contribution is 6.33. The number of benzene rings is 2. The quantitative estimate of drug-likeness (QED) is 0.674. The van der Waals surface area contributed by atoms with Crippen LogP contribution in [0.15, 0.2) is 42.5 Å². The van der Waals surface area contributed by atoms with Crippen LogP contribution in [0, 0.1) is 0 Å². The van der Waals surface area contributed by atoms with Gasteiger partial charge in [-0.15, -0.1) is 0 Å². The minimum Gasteiger partial charge on any atom is -0.368 e. The molecular formula is C25H30ClN3O. The fourth-order valence-corrected chi connectivity index (χ4v) is 5.95. The van der Waals surface area contributed by atoms with E-state index < -0.39 is 0 Å². The van der Waals surface area contributed by atoms with Gasteiger partial charge in [0.15, 0.2) is 0 Å². The SMILES string of the molecule is O=C1Nc2cccc3c2C1(CCCCN1CCN(c2ccccc2Cl)CC1)CCC3. The lowest BCUT2D eigenvalue weighted by atomic mass is 9.68. The van der Waals surface area contributed by atoms with Gasteiger partial charge >= 0.3 is 0 Å². The molecule has 1 aliphatic carbocycles. The summed E-state index contributed by atoms with van der Waals surface area (Å²) < 4.78 is 0.